The largest absolute Gasteiger partial charge is 0.271 e. The first-order valence-corrected chi connectivity index (χ1v) is 8.39. The zero-order valence-corrected chi connectivity index (χ0v) is 15.1. The fraction of sp³-hybridized carbons (Fsp3) is 0. The van der Waals surface area contributed by atoms with Gasteiger partial charge in [0.25, 0.3) is 11.4 Å². The van der Waals surface area contributed by atoms with Crippen molar-refractivity contribution in [2.24, 2.45) is 9.98 Å². The molecule has 0 aromatic heterocycles. The van der Waals surface area contributed by atoms with E-state index in [4.69, 9.17) is 0 Å². The van der Waals surface area contributed by atoms with Gasteiger partial charge in [-0.25, -0.2) is 8.78 Å². The van der Waals surface area contributed by atoms with Crippen LogP contribution in [-0.2, 0) is 0 Å². The van der Waals surface area contributed by atoms with Crippen molar-refractivity contribution in [3.63, 3.8) is 0 Å². The molecule has 0 bridgehead atoms. The van der Waals surface area contributed by atoms with Crippen molar-refractivity contribution in [2.75, 3.05) is 0 Å². The number of non-ortho nitro benzene ring substituents is 2. The zero-order chi connectivity index (χ0) is 21.7. The molecule has 0 atom stereocenters. The Kier molecular flexibility index (Phi) is 5.97. The number of halogens is 2. The van der Waals surface area contributed by atoms with Crippen LogP contribution in [0.25, 0.3) is 0 Å². The maximum atomic E-state index is 13.7. The molecule has 150 valence electrons. The summed E-state index contributed by atoms with van der Waals surface area (Å²) in [6, 6.07) is 12.6. The molecule has 3 aromatic rings. The van der Waals surface area contributed by atoms with Crippen molar-refractivity contribution in [3.8, 4) is 0 Å². The lowest BCUT2D eigenvalue weighted by Crippen LogP contribution is -1.89. The highest BCUT2D eigenvalue weighted by Gasteiger charge is 2.10. The van der Waals surface area contributed by atoms with Gasteiger partial charge in [-0.15, -0.1) is 0 Å². The Labute approximate surface area is 168 Å². The lowest BCUT2D eigenvalue weighted by Gasteiger charge is -1.99. The van der Waals surface area contributed by atoms with Gasteiger partial charge in [0.2, 0.25) is 0 Å². The highest BCUT2D eigenvalue weighted by Crippen LogP contribution is 2.25. The molecule has 0 aliphatic carbocycles. The fourth-order valence-corrected chi connectivity index (χ4v) is 2.38. The van der Waals surface area contributed by atoms with E-state index in [0.717, 1.165) is 36.4 Å². The summed E-state index contributed by atoms with van der Waals surface area (Å²) in [6.07, 6.45) is 2.67. The molecule has 10 heteroatoms. The number of hydrogen-bond acceptors (Lipinski definition) is 6. The van der Waals surface area contributed by atoms with Gasteiger partial charge >= 0.3 is 0 Å². The van der Waals surface area contributed by atoms with E-state index in [2.05, 4.69) is 9.98 Å². The second kappa shape index (κ2) is 8.78. The minimum atomic E-state index is -0.695. The third kappa shape index (κ3) is 4.93. The van der Waals surface area contributed by atoms with Crippen LogP contribution in [0.2, 0.25) is 0 Å². The quantitative estimate of drug-likeness (QED) is 0.312. The van der Waals surface area contributed by atoms with Crippen LogP contribution in [0.15, 0.2) is 70.6 Å². The van der Waals surface area contributed by atoms with E-state index in [1.807, 2.05) is 0 Å². The summed E-state index contributed by atoms with van der Waals surface area (Å²) >= 11 is 0. The Hall–Kier alpha value is -4.34. The standard InChI is InChI=1S/C20H12F2N4O4/c21-17-7-5-15(25(27)28)9-19(17)23-11-13-1-2-14(4-3-13)12-24-20-10-16(26(29)30)6-8-18(20)22/h1-12H. The first-order valence-electron chi connectivity index (χ1n) is 8.39. The Morgan fingerprint density at radius 1 is 0.667 bits per heavy atom. The number of nitro groups is 2. The Bertz CT molecular complexity index is 1090. The molecular formula is C20H12F2N4O4. The minimum Gasteiger partial charge on any atom is -0.258 e. The molecule has 0 saturated carbocycles. The van der Waals surface area contributed by atoms with E-state index in [1.165, 1.54) is 12.4 Å². The molecule has 0 saturated heterocycles. The number of aliphatic imine (C=N–C) groups is 2. The maximum Gasteiger partial charge on any atom is 0.271 e. The first kappa shape index (κ1) is 20.4. The molecule has 3 aromatic carbocycles. The van der Waals surface area contributed by atoms with E-state index in [9.17, 15) is 29.0 Å². The number of hydrogen-bond donors (Lipinski definition) is 0. The smallest absolute Gasteiger partial charge is 0.258 e. The average Bonchev–Trinajstić information content (AvgIpc) is 2.73. The molecule has 0 radical (unpaired) electrons. The van der Waals surface area contributed by atoms with Crippen molar-refractivity contribution in [1.82, 2.24) is 0 Å². The van der Waals surface area contributed by atoms with E-state index < -0.39 is 21.5 Å². The number of nitrogens with zero attached hydrogens (tertiary/aromatic N) is 4. The monoisotopic (exact) mass is 410 g/mol. The van der Waals surface area contributed by atoms with Crippen LogP contribution in [0.4, 0.5) is 31.5 Å². The van der Waals surface area contributed by atoms with Crippen LogP contribution in [0, 0.1) is 31.9 Å². The van der Waals surface area contributed by atoms with Crippen LogP contribution >= 0.6 is 0 Å². The van der Waals surface area contributed by atoms with Gasteiger partial charge in [0.05, 0.1) is 9.85 Å². The van der Waals surface area contributed by atoms with Crippen molar-refractivity contribution in [2.45, 2.75) is 0 Å². The number of nitro benzene ring substituents is 2. The van der Waals surface area contributed by atoms with Gasteiger partial charge < -0.3 is 0 Å². The van der Waals surface area contributed by atoms with Crippen LogP contribution in [0.1, 0.15) is 11.1 Å². The van der Waals surface area contributed by atoms with E-state index in [1.54, 1.807) is 24.3 Å². The second-order valence-corrected chi connectivity index (χ2v) is 5.97. The lowest BCUT2D eigenvalue weighted by atomic mass is 10.1. The molecule has 0 N–H and O–H groups in total. The van der Waals surface area contributed by atoms with Crippen molar-refractivity contribution in [3.05, 3.63) is 104 Å². The van der Waals surface area contributed by atoms with E-state index in [-0.39, 0.29) is 22.7 Å². The predicted molar refractivity (Wildman–Crippen MR) is 107 cm³/mol. The first-order chi connectivity index (χ1) is 14.3. The molecule has 0 spiro atoms. The molecule has 8 nitrogen and oxygen atoms in total. The molecule has 0 aliphatic rings. The Balaban J connectivity index is 1.76. The predicted octanol–water partition coefficient (Wildman–Crippen LogP) is 5.28. The second-order valence-electron chi connectivity index (χ2n) is 5.97. The molecule has 0 unspecified atom stereocenters. The lowest BCUT2D eigenvalue weighted by molar-refractivity contribution is -0.385. The fourth-order valence-electron chi connectivity index (χ4n) is 2.38. The Morgan fingerprint density at radius 2 is 1.03 bits per heavy atom. The summed E-state index contributed by atoms with van der Waals surface area (Å²) in [7, 11) is 0. The summed E-state index contributed by atoms with van der Waals surface area (Å²) in [4.78, 5) is 28.1. The van der Waals surface area contributed by atoms with Crippen LogP contribution in [0.5, 0.6) is 0 Å². The van der Waals surface area contributed by atoms with Crippen LogP contribution in [-0.4, -0.2) is 22.3 Å². The minimum absolute atomic E-state index is 0.170. The van der Waals surface area contributed by atoms with Gasteiger partial charge in [-0.3, -0.25) is 30.2 Å². The normalized spacial score (nSPS) is 11.3. The third-order valence-corrected chi connectivity index (χ3v) is 3.92. The van der Waals surface area contributed by atoms with Gasteiger partial charge in [0.1, 0.15) is 23.0 Å². The van der Waals surface area contributed by atoms with Crippen molar-refractivity contribution >= 4 is 35.2 Å². The SMILES string of the molecule is O=[N+]([O-])c1ccc(F)c(N=Cc2ccc(C=Nc3cc([N+](=O)[O-])ccc3F)cc2)c1. The zero-order valence-electron chi connectivity index (χ0n) is 15.1. The summed E-state index contributed by atoms with van der Waals surface area (Å²) < 4.78 is 27.5. The molecule has 0 fully saturated rings. The number of benzene rings is 3. The molecule has 3 rings (SSSR count). The van der Waals surface area contributed by atoms with Gasteiger partial charge in [-0.05, 0) is 23.3 Å². The summed E-state index contributed by atoms with van der Waals surface area (Å²) in [6.45, 7) is 0. The highest BCUT2D eigenvalue weighted by molar-refractivity contribution is 5.86. The van der Waals surface area contributed by atoms with Gasteiger partial charge in [-0.2, -0.15) is 0 Å². The summed E-state index contributed by atoms with van der Waals surface area (Å²) in [5, 5.41) is 21.6. The Morgan fingerprint density at radius 3 is 1.37 bits per heavy atom. The van der Waals surface area contributed by atoms with Crippen molar-refractivity contribution in [1.29, 1.82) is 0 Å². The molecule has 0 heterocycles. The maximum absolute atomic E-state index is 13.7. The number of rotatable bonds is 6. The van der Waals surface area contributed by atoms with Gasteiger partial charge in [0, 0.05) is 36.7 Å². The average molecular weight is 410 g/mol. The van der Waals surface area contributed by atoms with E-state index >= 15 is 0 Å². The van der Waals surface area contributed by atoms with Crippen LogP contribution in [0.3, 0.4) is 0 Å². The van der Waals surface area contributed by atoms with E-state index in [0.29, 0.717) is 11.1 Å². The summed E-state index contributed by atoms with van der Waals surface area (Å²) in [5.74, 6) is -1.39. The summed E-state index contributed by atoms with van der Waals surface area (Å²) in [5.41, 5.74) is 0.276. The third-order valence-electron chi connectivity index (χ3n) is 3.92. The molecular weight excluding hydrogens is 398 g/mol. The van der Waals surface area contributed by atoms with Crippen LogP contribution < -0.4 is 0 Å². The topological polar surface area (TPSA) is 111 Å². The van der Waals surface area contributed by atoms with Gasteiger partial charge in [0.15, 0.2) is 0 Å². The molecule has 0 aliphatic heterocycles. The molecule has 30 heavy (non-hydrogen) atoms. The van der Waals surface area contributed by atoms with Gasteiger partial charge in [-0.1, -0.05) is 24.3 Å². The highest BCUT2D eigenvalue weighted by atomic mass is 19.1. The van der Waals surface area contributed by atoms with Crippen molar-refractivity contribution < 1.29 is 18.6 Å². The molecule has 0 amide bonds.